The summed E-state index contributed by atoms with van der Waals surface area (Å²) in [5.74, 6) is 0. The van der Waals surface area contributed by atoms with Crippen molar-refractivity contribution in [3.8, 4) is 0 Å². The van der Waals surface area contributed by atoms with Crippen LogP contribution in [-0.4, -0.2) is 10.2 Å². The summed E-state index contributed by atoms with van der Waals surface area (Å²) >= 11 is 1.98. The number of para-hydroxylation sites is 1. The molecular weight excluding hydrogens is 226 g/mol. The minimum Gasteiger partial charge on any atom is -0.256 e. The lowest BCUT2D eigenvalue weighted by Crippen LogP contribution is -1.91. The second-order valence-electron chi connectivity index (χ2n) is 3.76. The zero-order valence-electron chi connectivity index (χ0n) is 8.43. The third-order valence-corrected chi connectivity index (χ3v) is 3.91. The second kappa shape index (κ2) is 4.03. The summed E-state index contributed by atoms with van der Waals surface area (Å²) in [6.45, 7) is 2.28. The standard InChI is InChI=1S/C12H11NS.ClH/c1-8-6-9-7-13-11-5-3-2-4-10(11)12(9)14-8;/h2-5,7-8H,6H2,1H3;1H. The summed E-state index contributed by atoms with van der Waals surface area (Å²) < 4.78 is 0. The molecule has 0 radical (unpaired) electrons. The van der Waals surface area contributed by atoms with Crippen LogP contribution in [0.4, 0.5) is 0 Å². The maximum atomic E-state index is 4.47. The molecule has 78 valence electrons. The van der Waals surface area contributed by atoms with E-state index >= 15 is 0 Å². The number of nitrogens with zero attached hydrogens (tertiary/aromatic N) is 1. The van der Waals surface area contributed by atoms with Crippen LogP contribution in [0.3, 0.4) is 0 Å². The summed E-state index contributed by atoms with van der Waals surface area (Å²) in [4.78, 5) is 5.92. The largest absolute Gasteiger partial charge is 0.256 e. The zero-order valence-corrected chi connectivity index (χ0v) is 10.1. The first-order valence-corrected chi connectivity index (χ1v) is 5.76. The van der Waals surface area contributed by atoms with Gasteiger partial charge in [-0.15, -0.1) is 24.2 Å². The Morgan fingerprint density at radius 1 is 1.33 bits per heavy atom. The topological polar surface area (TPSA) is 12.9 Å². The molecule has 0 saturated heterocycles. The summed E-state index contributed by atoms with van der Waals surface area (Å²) in [5, 5.41) is 2.02. The molecule has 1 aliphatic heterocycles. The van der Waals surface area contributed by atoms with Crippen molar-refractivity contribution in [3.05, 3.63) is 36.0 Å². The Kier molecular flexibility index (Phi) is 2.89. The Bertz CT molecular complexity index is 498. The fourth-order valence-electron chi connectivity index (χ4n) is 1.99. The summed E-state index contributed by atoms with van der Waals surface area (Å²) in [7, 11) is 0. The van der Waals surface area contributed by atoms with E-state index in [9.17, 15) is 0 Å². The Hall–Kier alpha value is -0.730. The minimum atomic E-state index is 0. The Balaban J connectivity index is 0.000000853. The van der Waals surface area contributed by atoms with Crippen LogP contribution >= 0.6 is 24.2 Å². The van der Waals surface area contributed by atoms with Crippen molar-refractivity contribution in [3.63, 3.8) is 0 Å². The number of pyridine rings is 1. The molecule has 0 bridgehead atoms. The highest BCUT2D eigenvalue weighted by molar-refractivity contribution is 8.00. The van der Waals surface area contributed by atoms with E-state index in [2.05, 4.69) is 30.1 Å². The molecule has 15 heavy (non-hydrogen) atoms. The van der Waals surface area contributed by atoms with Gasteiger partial charge in [0, 0.05) is 21.7 Å². The third kappa shape index (κ3) is 1.72. The van der Waals surface area contributed by atoms with Gasteiger partial charge in [0.05, 0.1) is 5.52 Å². The van der Waals surface area contributed by atoms with Crippen molar-refractivity contribution in [2.24, 2.45) is 0 Å². The fourth-order valence-corrected chi connectivity index (χ4v) is 3.25. The van der Waals surface area contributed by atoms with Crippen LogP contribution in [-0.2, 0) is 6.42 Å². The van der Waals surface area contributed by atoms with Gasteiger partial charge >= 0.3 is 0 Å². The van der Waals surface area contributed by atoms with Crippen LogP contribution in [0.1, 0.15) is 12.5 Å². The summed E-state index contributed by atoms with van der Waals surface area (Å²) in [6, 6.07) is 8.39. The van der Waals surface area contributed by atoms with Crippen molar-refractivity contribution < 1.29 is 0 Å². The van der Waals surface area contributed by atoms with Gasteiger partial charge in [-0.25, -0.2) is 0 Å². The van der Waals surface area contributed by atoms with Crippen molar-refractivity contribution >= 4 is 35.1 Å². The van der Waals surface area contributed by atoms with Crippen LogP contribution in [0, 0.1) is 0 Å². The van der Waals surface area contributed by atoms with Crippen molar-refractivity contribution in [1.82, 2.24) is 4.98 Å². The lowest BCUT2D eigenvalue weighted by atomic mass is 10.1. The van der Waals surface area contributed by atoms with Gasteiger partial charge in [-0.1, -0.05) is 25.1 Å². The number of fused-ring (bicyclic) bond motifs is 3. The quantitative estimate of drug-likeness (QED) is 0.693. The van der Waals surface area contributed by atoms with Gasteiger partial charge in [-0.05, 0) is 18.1 Å². The molecule has 1 aromatic heterocycles. The summed E-state index contributed by atoms with van der Waals surface area (Å²) in [5.41, 5.74) is 2.54. The predicted octanol–water partition coefficient (Wildman–Crippen LogP) is 3.69. The molecule has 0 aliphatic carbocycles. The molecule has 0 fully saturated rings. The fraction of sp³-hybridized carbons (Fsp3) is 0.250. The van der Waals surface area contributed by atoms with Crippen LogP contribution in [0.2, 0.25) is 0 Å². The lowest BCUT2D eigenvalue weighted by Gasteiger charge is -2.02. The number of hydrogen-bond donors (Lipinski definition) is 0. The molecule has 0 saturated carbocycles. The molecular formula is C12H12ClNS. The SMILES string of the molecule is CC1Cc2cnc3ccccc3c2S1.Cl. The van der Waals surface area contributed by atoms with Crippen LogP contribution in [0.5, 0.6) is 0 Å². The molecule has 3 heteroatoms. The highest BCUT2D eigenvalue weighted by Crippen LogP contribution is 2.40. The first-order chi connectivity index (χ1) is 6.84. The van der Waals surface area contributed by atoms with Gasteiger partial charge < -0.3 is 0 Å². The van der Waals surface area contributed by atoms with E-state index in [-0.39, 0.29) is 12.4 Å². The molecule has 1 unspecified atom stereocenters. The summed E-state index contributed by atoms with van der Waals surface area (Å²) in [6.07, 6.45) is 3.20. The minimum absolute atomic E-state index is 0. The number of thioether (sulfide) groups is 1. The highest BCUT2D eigenvalue weighted by atomic mass is 35.5. The second-order valence-corrected chi connectivity index (χ2v) is 5.21. The van der Waals surface area contributed by atoms with Gasteiger partial charge in [-0.2, -0.15) is 0 Å². The number of benzene rings is 1. The van der Waals surface area contributed by atoms with Gasteiger partial charge in [0.2, 0.25) is 0 Å². The van der Waals surface area contributed by atoms with Gasteiger partial charge in [0.25, 0.3) is 0 Å². The first-order valence-electron chi connectivity index (χ1n) is 4.88. The molecule has 0 spiro atoms. The molecule has 2 heterocycles. The molecule has 1 nitrogen and oxygen atoms in total. The third-order valence-electron chi connectivity index (χ3n) is 2.63. The van der Waals surface area contributed by atoms with E-state index in [1.807, 2.05) is 24.0 Å². The van der Waals surface area contributed by atoms with E-state index < -0.39 is 0 Å². The van der Waals surface area contributed by atoms with Gasteiger partial charge in [-0.3, -0.25) is 4.98 Å². The molecule has 1 aromatic carbocycles. The number of aromatic nitrogens is 1. The number of rotatable bonds is 0. The van der Waals surface area contributed by atoms with Crippen LogP contribution in [0.15, 0.2) is 35.4 Å². The molecule has 1 atom stereocenters. The maximum absolute atomic E-state index is 4.47. The average molecular weight is 238 g/mol. The first kappa shape index (κ1) is 10.8. The van der Waals surface area contributed by atoms with Crippen LogP contribution in [0.25, 0.3) is 10.9 Å². The normalized spacial score (nSPS) is 18.6. The smallest absolute Gasteiger partial charge is 0.0713 e. The lowest BCUT2D eigenvalue weighted by molar-refractivity contribution is 0.954. The number of halogens is 1. The van der Waals surface area contributed by atoms with Crippen molar-refractivity contribution in [2.45, 2.75) is 23.5 Å². The predicted molar refractivity (Wildman–Crippen MR) is 68.0 cm³/mol. The number of hydrogen-bond acceptors (Lipinski definition) is 2. The zero-order chi connectivity index (χ0) is 9.54. The van der Waals surface area contributed by atoms with Gasteiger partial charge in [0.15, 0.2) is 0 Å². The van der Waals surface area contributed by atoms with Gasteiger partial charge in [0.1, 0.15) is 0 Å². The molecule has 3 rings (SSSR count). The Labute approximate surface area is 99.7 Å². The Morgan fingerprint density at radius 2 is 2.13 bits per heavy atom. The van der Waals surface area contributed by atoms with E-state index in [4.69, 9.17) is 0 Å². The van der Waals surface area contributed by atoms with E-state index in [1.54, 1.807) is 0 Å². The van der Waals surface area contributed by atoms with E-state index in [1.165, 1.54) is 15.8 Å². The van der Waals surface area contributed by atoms with E-state index in [0.717, 1.165) is 11.9 Å². The highest BCUT2D eigenvalue weighted by Gasteiger charge is 2.20. The van der Waals surface area contributed by atoms with Crippen molar-refractivity contribution in [2.75, 3.05) is 0 Å². The monoisotopic (exact) mass is 237 g/mol. The van der Waals surface area contributed by atoms with Crippen molar-refractivity contribution in [1.29, 1.82) is 0 Å². The average Bonchev–Trinajstić information content (AvgIpc) is 2.59. The van der Waals surface area contributed by atoms with E-state index in [0.29, 0.717) is 5.25 Å². The Morgan fingerprint density at radius 3 is 3.00 bits per heavy atom. The molecule has 1 aliphatic rings. The molecule has 2 aromatic rings. The molecule has 0 N–H and O–H groups in total. The molecule has 0 amide bonds. The maximum Gasteiger partial charge on any atom is 0.0713 e. The van der Waals surface area contributed by atoms with Crippen LogP contribution < -0.4 is 0 Å².